The highest BCUT2D eigenvalue weighted by Gasteiger charge is 2.28. The summed E-state index contributed by atoms with van der Waals surface area (Å²) in [5, 5.41) is 12.4. The zero-order chi connectivity index (χ0) is 24.3. The van der Waals surface area contributed by atoms with Crippen molar-refractivity contribution in [3.05, 3.63) is 71.8 Å². The van der Waals surface area contributed by atoms with Crippen LogP contribution >= 0.6 is 0 Å². The van der Waals surface area contributed by atoms with Gasteiger partial charge in [-0.05, 0) is 24.0 Å². The first-order valence-corrected chi connectivity index (χ1v) is 12.1. The first kappa shape index (κ1) is 25.8. The molecule has 0 fully saturated rings. The van der Waals surface area contributed by atoms with Gasteiger partial charge in [0.15, 0.2) is 5.96 Å². The van der Waals surface area contributed by atoms with Crippen molar-refractivity contribution >= 4 is 27.8 Å². The summed E-state index contributed by atoms with van der Waals surface area (Å²) in [7, 11) is -3.86. The lowest BCUT2D eigenvalue weighted by atomic mass is 10.0. The average Bonchev–Trinajstić information content (AvgIpc) is 2.76. The molecule has 2 aromatic carbocycles. The minimum atomic E-state index is -3.86. The quantitative estimate of drug-likeness (QED) is 0.134. The van der Waals surface area contributed by atoms with Crippen molar-refractivity contribution in [2.75, 3.05) is 6.54 Å². The molecule has 8 N–H and O–H groups in total. The molecule has 2 aromatic rings. The van der Waals surface area contributed by atoms with E-state index >= 15 is 0 Å². The van der Waals surface area contributed by atoms with Crippen molar-refractivity contribution in [2.24, 2.45) is 11.5 Å². The average molecular weight is 475 g/mol. The fraction of sp³-hybridized carbons (Fsp3) is 0.318. The van der Waals surface area contributed by atoms with Crippen LogP contribution in [0, 0.1) is 5.41 Å². The van der Waals surface area contributed by atoms with Gasteiger partial charge in [-0.25, -0.2) is 13.1 Å². The van der Waals surface area contributed by atoms with E-state index in [-0.39, 0.29) is 31.1 Å². The Balaban J connectivity index is 2.11. The smallest absolute Gasteiger partial charge is 0.240 e. The molecule has 0 saturated carbocycles. The van der Waals surface area contributed by atoms with E-state index in [1.165, 1.54) is 0 Å². The number of nitrogens with two attached hydrogens (primary N) is 2. The first-order chi connectivity index (χ1) is 15.7. The summed E-state index contributed by atoms with van der Waals surface area (Å²) in [5.74, 6) is -1.91. The number of rotatable bonds is 13. The van der Waals surface area contributed by atoms with E-state index in [0.29, 0.717) is 12.0 Å². The van der Waals surface area contributed by atoms with E-state index in [1.54, 1.807) is 54.6 Å². The lowest BCUT2D eigenvalue weighted by Crippen LogP contribution is -2.53. The number of carbonyl (C=O) groups is 2. The van der Waals surface area contributed by atoms with Crippen LogP contribution in [0.25, 0.3) is 0 Å². The Bertz CT molecular complexity index is 1030. The zero-order valence-corrected chi connectivity index (χ0v) is 19.0. The van der Waals surface area contributed by atoms with Crippen LogP contribution in [-0.4, -0.2) is 44.8 Å². The van der Waals surface area contributed by atoms with Crippen molar-refractivity contribution in [3.8, 4) is 0 Å². The summed E-state index contributed by atoms with van der Waals surface area (Å²) in [6, 6.07) is 15.5. The Morgan fingerprint density at radius 2 is 1.48 bits per heavy atom. The van der Waals surface area contributed by atoms with Gasteiger partial charge in [0.25, 0.3) is 0 Å². The number of amides is 2. The van der Waals surface area contributed by atoms with Crippen molar-refractivity contribution in [2.45, 2.75) is 37.1 Å². The topological polar surface area (TPSA) is 180 Å². The maximum Gasteiger partial charge on any atom is 0.240 e. The van der Waals surface area contributed by atoms with E-state index in [4.69, 9.17) is 16.9 Å². The van der Waals surface area contributed by atoms with Gasteiger partial charge >= 0.3 is 0 Å². The summed E-state index contributed by atoms with van der Waals surface area (Å²) >= 11 is 0. The summed E-state index contributed by atoms with van der Waals surface area (Å²) < 4.78 is 27.9. The lowest BCUT2D eigenvalue weighted by Gasteiger charge is -2.22. The second-order valence-corrected chi connectivity index (χ2v) is 9.30. The molecule has 0 aromatic heterocycles. The maximum atomic E-state index is 13.0. The van der Waals surface area contributed by atoms with Gasteiger partial charge in [0.1, 0.15) is 12.1 Å². The molecule has 2 atom stereocenters. The van der Waals surface area contributed by atoms with Gasteiger partial charge in [0, 0.05) is 13.0 Å². The largest absolute Gasteiger partial charge is 0.370 e. The molecule has 0 heterocycles. The van der Waals surface area contributed by atoms with Gasteiger partial charge in [-0.2, -0.15) is 0 Å². The number of carbonyl (C=O) groups excluding carboxylic acids is 2. The van der Waals surface area contributed by atoms with Crippen LogP contribution in [0.15, 0.2) is 60.7 Å². The molecule has 33 heavy (non-hydrogen) atoms. The summed E-state index contributed by atoms with van der Waals surface area (Å²) in [6.07, 6.45) is 0.652. The number of sulfonamides is 1. The summed E-state index contributed by atoms with van der Waals surface area (Å²) in [5.41, 5.74) is 12.1. The van der Waals surface area contributed by atoms with Crippen LogP contribution in [0.4, 0.5) is 0 Å². The Kier molecular flexibility index (Phi) is 9.83. The van der Waals surface area contributed by atoms with Crippen molar-refractivity contribution in [1.29, 1.82) is 5.41 Å². The summed E-state index contributed by atoms with van der Waals surface area (Å²) in [6.45, 7) is 0.281. The van der Waals surface area contributed by atoms with Crippen molar-refractivity contribution in [3.63, 3.8) is 0 Å². The number of guanidine groups is 1. The molecular formula is C22H30N6O4S. The second kappa shape index (κ2) is 12.6. The van der Waals surface area contributed by atoms with Gasteiger partial charge in [-0.15, -0.1) is 0 Å². The molecule has 0 aliphatic carbocycles. The van der Waals surface area contributed by atoms with E-state index < -0.39 is 33.9 Å². The zero-order valence-electron chi connectivity index (χ0n) is 18.2. The van der Waals surface area contributed by atoms with Gasteiger partial charge < -0.3 is 22.1 Å². The molecule has 10 nitrogen and oxygen atoms in total. The molecule has 2 amide bonds. The number of primary amides is 1. The highest BCUT2D eigenvalue weighted by Crippen LogP contribution is 2.09. The first-order valence-electron chi connectivity index (χ1n) is 10.4. The van der Waals surface area contributed by atoms with E-state index in [9.17, 15) is 18.0 Å². The maximum absolute atomic E-state index is 13.0. The Hall–Kier alpha value is -3.44. The van der Waals surface area contributed by atoms with E-state index in [1.807, 2.05) is 6.07 Å². The van der Waals surface area contributed by atoms with Crippen LogP contribution in [0.1, 0.15) is 24.0 Å². The third-order valence-electron chi connectivity index (χ3n) is 4.77. The third-order valence-corrected chi connectivity index (χ3v) is 6.12. The molecule has 178 valence electrons. The van der Waals surface area contributed by atoms with Gasteiger partial charge in [0.05, 0.1) is 5.75 Å². The molecular weight excluding hydrogens is 444 g/mol. The van der Waals surface area contributed by atoms with Crippen LogP contribution in [0.3, 0.4) is 0 Å². The van der Waals surface area contributed by atoms with Crippen LogP contribution < -0.4 is 26.8 Å². The Morgan fingerprint density at radius 1 is 0.909 bits per heavy atom. The third kappa shape index (κ3) is 9.71. The fourth-order valence-corrected chi connectivity index (χ4v) is 4.54. The van der Waals surface area contributed by atoms with Crippen LogP contribution in [0.5, 0.6) is 0 Å². The van der Waals surface area contributed by atoms with E-state index in [0.717, 1.165) is 5.56 Å². The molecule has 0 aliphatic heterocycles. The molecule has 0 aliphatic rings. The second-order valence-electron chi connectivity index (χ2n) is 7.55. The minimum absolute atomic E-state index is 0.122. The highest BCUT2D eigenvalue weighted by atomic mass is 32.2. The van der Waals surface area contributed by atoms with Gasteiger partial charge in [-0.3, -0.25) is 15.0 Å². The minimum Gasteiger partial charge on any atom is -0.370 e. The summed E-state index contributed by atoms with van der Waals surface area (Å²) in [4.78, 5) is 24.9. The number of hydrogen-bond acceptors (Lipinski definition) is 5. The van der Waals surface area contributed by atoms with Crippen molar-refractivity contribution in [1.82, 2.24) is 15.4 Å². The Morgan fingerprint density at radius 3 is 2.03 bits per heavy atom. The molecule has 0 radical (unpaired) electrons. The van der Waals surface area contributed by atoms with Gasteiger partial charge in [-0.1, -0.05) is 60.7 Å². The predicted molar refractivity (Wildman–Crippen MR) is 126 cm³/mol. The number of hydrogen-bond donors (Lipinski definition) is 6. The Labute approximate surface area is 193 Å². The molecule has 0 unspecified atom stereocenters. The molecule has 0 bridgehead atoms. The standard InChI is InChI=1S/C22H30N6O4S/c23-20(29)19(14-16-8-3-1-4-9-16)27-21(30)18(12-7-13-26-22(24)25)28-33(31,32)15-17-10-5-2-6-11-17/h1-6,8-11,18-19,28H,7,12-15H2,(H2,23,29)(H,27,30)(H4,24,25,26)/t18-,19-/m0/s1. The number of benzene rings is 2. The van der Waals surface area contributed by atoms with Gasteiger partial charge in [0.2, 0.25) is 21.8 Å². The predicted octanol–water partition coefficient (Wildman–Crippen LogP) is -0.0493. The normalized spacial score (nSPS) is 13.0. The van der Waals surface area contributed by atoms with E-state index in [2.05, 4.69) is 15.4 Å². The molecule has 11 heteroatoms. The highest BCUT2D eigenvalue weighted by molar-refractivity contribution is 7.88. The molecule has 2 rings (SSSR count). The fourth-order valence-electron chi connectivity index (χ4n) is 3.17. The SMILES string of the molecule is N=C(N)NCCC[C@H](NS(=O)(=O)Cc1ccccc1)C(=O)N[C@@H](Cc1ccccc1)C(N)=O. The monoisotopic (exact) mass is 474 g/mol. The lowest BCUT2D eigenvalue weighted by molar-refractivity contribution is -0.128. The number of nitrogens with one attached hydrogen (secondary N) is 4. The van der Waals surface area contributed by atoms with Crippen LogP contribution in [0.2, 0.25) is 0 Å². The van der Waals surface area contributed by atoms with Crippen LogP contribution in [-0.2, 0) is 31.8 Å². The molecule has 0 saturated heterocycles. The van der Waals surface area contributed by atoms with Crippen molar-refractivity contribution < 1.29 is 18.0 Å². The molecule has 0 spiro atoms.